The van der Waals surface area contributed by atoms with Gasteiger partial charge in [0.25, 0.3) is 5.91 Å². The van der Waals surface area contributed by atoms with Gasteiger partial charge < -0.3 is 10.1 Å². The molecule has 6 nitrogen and oxygen atoms in total. The molecule has 1 N–H and O–H groups in total. The second kappa shape index (κ2) is 6.91. The molecule has 2 aromatic carbocycles. The van der Waals surface area contributed by atoms with Crippen LogP contribution < -0.4 is 14.4 Å². The summed E-state index contributed by atoms with van der Waals surface area (Å²) in [6.45, 7) is 1.25. The molecule has 1 heterocycles. The number of carbonyl (C=O) groups excluding carboxylic acids is 1. The largest absolute Gasteiger partial charge is 0.476 e. The van der Waals surface area contributed by atoms with Crippen molar-refractivity contribution in [1.82, 2.24) is 0 Å². The minimum Gasteiger partial charge on any atom is -0.476 e. The fraction of sp³-hybridized carbons (Fsp3) is 0.235. The molecule has 0 unspecified atom stereocenters. The van der Waals surface area contributed by atoms with E-state index in [1.165, 1.54) is 6.92 Å². The number of rotatable bonds is 4. The van der Waals surface area contributed by atoms with Crippen LogP contribution in [0.2, 0.25) is 0 Å². The number of ether oxygens (including phenoxy) is 1. The standard InChI is InChI=1S/C17H16F2N2O4S/c1-2-26(23,24)21-10-16(25-15-6-4-3-5-14(15)21)17(22)20-13-8-7-11(18)9-12(13)19/h3-9,16H,2,10H2,1H3,(H,20,22)/t16-/m0/s1. The zero-order valence-corrected chi connectivity index (χ0v) is 14.6. The highest BCUT2D eigenvalue weighted by molar-refractivity contribution is 7.92. The molecule has 0 spiro atoms. The maximum Gasteiger partial charge on any atom is 0.267 e. The van der Waals surface area contributed by atoms with Crippen LogP contribution in [0, 0.1) is 11.6 Å². The highest BCUT2D eigenvalue weighted by atomic mass is 32.2. The Morgan fingerprint density at radius 2 is 2.00 bits per heavy atom. The molecule has 0 saturated heterocycles. The van der Waals surface area contributed by atoms with E-state index in [0.29, 0.717) is 11.8 Å². The first-order valence-electron chi connectivity index (χ1n) is 7.84. The fourth-order valence-corrected chi connectivity index (χ4v) is 3.69. The fourth-order valence-electron chi connectivity index (χ4n) is 2.56. The molecule has 138 valence electrons. The first kappa shape index (κ1) is 18.1. The summed E-state index contributed by atoms with van der Waals surface area (Å²) in [6.07, 6.45) is -1.18. The normalized spacial score (nSPS) is 16.6. The highest BCUT2D eigenvalue weighted by Crippen LogP contribution is 2.35. The van der Waals surface area contributed by atoms with Gasteiger partial charge in [-0.1, -0.05) is 12.1 Å². The third-order valence-corrected chi connectivity index (χ3v) is 5.66. The van der Waals surface area contributed by atoms with E-state index in [0.717, 1.165) is 16.4 Å². The molecule has 9 heteroatoms. The number of hydrogen-bond acceptors (Lipinski definition) is 4. The van der Waals surface area contributed by atoms with Crippen molar-refractivity contribution in [2.24, 2.45) is 0 Å². The van der Waals surface area contributed by atoms with Gasteiger partial charge >= 0.3 is 0 Å². The molecule has 3 rings (SSSR count). The minimum absolute atomic E-state index is 0.151. The Balaban J connectivity index is 1.88. The molecule has 0 aromatic heterocycles. The Morgan fingerprint density at radius 1 is 1.27 bits per heavy atom. The van der Waals surface area contributed by atoms with Crippen LogP contribution in [0.3, 0.4) is 0 Å². The maximum absolute atomic E-state index is 13.7. The molecule has 1 atom stereocenters. The lowest BCUT2D eigenvalue weighted by atomic mass is 10.2. The molecule has 2 aromatic rings. The van der Waals surface area contributed by atoms with Crippen LogP contribution in [0.25, 0.3) is 0 Å². The second-order valence-electron chi connectivity index (χ2n) is 5.62. The molecule has 0 bridgehead atoms. The summed E-state index contributed by atoms with van der Waals surface area (Å²) >= 11 is 0. The van der Waals surface area contributed by atoms with Crippen LogP contribution in [0.15, 0.2) is 42.5 Å². The van der Waals surface area contributed by atoms with E-state index in [1.807, 2.05) is 0 Å². The van der Waals surface area contributed by atoms with Crippen LogP contribution in [0.1, 0.15) is 6.92 Å². The molecular formula is C17H16F2N2O4S. The molecule has 0 saturated carbocycles. The zero-order chi connectivity index (χ0) is 18.9. The lowest BCUT2D eigenvalue weighted by Crippen LogP contribution is -2.49. The Labute approximate surface area is 149 Å². The number of hydrogen-bond donors (Lipinski definition) is 1. The first-order chi connectivity index (χ1) is 12.3. The van der Waals surface area contributed by atoms with E-state index < -0.39 is 33.7 Å². The van der Waals surface area contributed by atoms with Crippen LogP contribution in [0.5, 0.6) is 5.75 Å². The Bertz CT molecular complexity index is 950. The molecule has 0 fully saturated rings. The number of nitrogens with zero attached hydrogens (tertiary/aromatic N) is 1. The average molecular weight is 382 g/mol. The third kappa shape index (κ3) is 3.48. The van der Waals surface area contributed by atoms with Crippen LogP contribution >= 0.6 is 0 Å². The minimum atomic E-state index is -3.64. The number of fused-ring (bicyclic) bond motifs is 1. The van der Waals surface area contributed by atoms with Crippen LogP contribution in [0.4, 0.5) is 20.2 Å². The van der Waals surface area contributed by atoms with Crippen LogP contribution in [-0.4, -0.2) is 32.7 Å². The van der Waals surface area contributed by atoms with Gasteiger partial charge in [-0.05, 0) is 31.2 Å². The van der Waals surface area contributed by atoms with Crippen molar-refractivity contribution in [1.29, 1.82) is 0 Å². The highest BCUT2D eigenvalue weighted by Gasteiger charge is 2.36. The topological polar surface area (TPSA) is 75.7 Å². The molecule has 0 aliphatic carbocycles. The summed E-state index contributed by atoms with van der Waals surface area (Å²) in [5.74, 6) is -2.37. The van der Waals surface area contributed by atoms with Gasteiger partial charge in [0, 0.05) is 6.07 Å². The quantitative estimate of drug-likeness (QED) is 0.882. The zero-order valence-electron chi connectivity index (χ0n) is 13.8. The van der Waals surface area contributed by atoms with Crippen molar-refractivity contribution in [3.63, 3.8) is 0 Å². The van der Waals surface area contributed by atoms with E-state index in [1.54, 1.807) is 24.3 Å². The van der Waals surface area contributed by atoms with Gasteiger partial charge in [0.1, 0.15) is 17.4 Å². The molecule has 1 amide bonds. The summed E-state index contributed by atoms with van der Waals surface area (Å²) in [5, 5.41) is 2.30. The number of nitrogens with one attached hydrogen (secondary N) is 1. The van der Waals surface area contributed by atoms with E-state index in [4.69, 9.17) is 4.74 Å². The summed E-state index contributed by atoms with van der Waals surface area (Å²) in [4.78, 5) is 12.5. The monoisotopic (exact) mass is 382 g/mol. The van der Waals surface area contributed by atoms with Crippen molar-refractivity contribution in [2.75, 3.05) is 21.9 Å². The predicted octanol–water partition coefficient (Wildman–Crippen LogP) is 2.52. The number of anilines is 2. The number of amides is 1. The summed E-state index contributed by atoms with van der Waals surface area (Å²) in [5.41, 5.74) is 0.120. The van der Waals surface area contributed by atoms with Crippen molar-refractivity contribution < 1.29 is 26.7 Å². The Morgan fingerprint density at radius 3 is 2.69 bits per heavy atom. The molecule has 26 heavy (non-hydrogen) atoms. The maximum atomic E-state index is 13.7. The van der Waals surface area contributed by atoms with E-state index >= 15 is 0 Å². The predicted molar refractivity (Wildman–Crippen MR) is 92.7 cm³/mol. The van der Waals surface area contributed by atoms with E-state index in [-0.39, 0.29) is 23.7 Å². The lowest BCUT2D eigenvalue weighted by molar-refractivity contribution is -0.122. The van der Waals surface area contributed by atoms with Gasteiger partial charge in [-0.2, -0.15) is 0 Å². The first-order valence-corrected chi connectivity index (χ1v) is 9.44. The van der Waals surface area contributed by atoms with Crippen LogP contribution in [-0.2, 0) is 14.8 Å². The SMILES string of the molecule is CCS(=O)(=O)N1C[C@@H](C(=O)Nc2ccc(F)cc2F)Oc2ccccc21. The smallest absolute Gasteiger partial charge is 0.267 e. The number of para-hydroxylation sites is 2. The number of carbonyl (C=O) groups is 1. The number of sulfonamides is 1. The van der Waals surface area contributed by atoms with Gasteiger partial charge in [-0.25, -0.2) is 17.2 Å². The third-order valence-electron chi connectivity index (χ3n) is 3.92. The Kier molecular flexibility index (Phi) is 4.82. The second-order valence-corrected chi connectivity index (χ2v) is 7.80. The van der Waals surface area contributed by atoms with Crippen molar-refractivity contribution in [2.45, 2.75) is 13.0 Å². The summed E-state index contributed by atoms with van der Waals surface area (Å²) in [7, 11) is -3.64. The number of benzene rings is 2. The lowest BCUT2D eigenvalue weighted by Gasteiger charge is -2.34. The van der Waals surface area contributed by atoms with Gasteiger partial charge in [0.05, 0.1) is 23.7 Å². The number of halogens is 2. The summed E-state index contributed by atoms with van der Waals surface area (Å²) < 4.78 is 58.1. The molecule has 1 aliphatic heterocycles. The molecular weight excluding hydrogens is 366 g/mol. The van der Waals surface area contributed by atoms with Gasteiger partial charge in [0.2, 0.25) is 10.0 Å². The summed E-state index contributed by atoms with van der Waals surface area (Å²) in [6, 6.07) is 9.16. The van der Waals surface area contributed by atoms with Crippen molar-refractivity contribution in [3.8, 4) is 5.75 Å². The van der Waals surface area contributed by atoms with E-state index in [9.17, 15) is 22.0 Å². The molecule has 1 aliphatic rings. The molecule has 0 radical (unpaired) electrons. The average Bonchev–Trinajstić information content (AvgIpc) is 2.63. The Hall–Kier alpha value is -2.68. The van der Waals surface area contributed by atoms with Crippen molar-refractivity contribution >= 4 is 27.3 Å². The van der Waals surface area contributed by atoms with Gasteiger partial charge in [-0.15, -0.1) is 0 Å². The van der Waals surface area contributed by atoms with Gasteiger partial charge in [-0.3, -0.25) is 9.10 Å². The van der Waals surface area contributed by atoms with E-state index in [2.05, 4.69) is 5.32 Å². The van der Waals surface area contributed by atoms with Crippen molar-refractivity contribution in [3.05, 3.63) is 54.1 Å². The van der Waals surface area contributed by atoms with Gasteiger partial charge in [0.15, 0.2) is 6.10 Å².